The monoisotopic (exact) mass is 512 g/mol. The number of carbonyl (C=O) groups excluding carboxylic acids is 1. The first-order valence-electron chi connectivity index (χ1n) is 12.3. The van der Waals surface area contributed by atoms with E-state index >= 15 is 0 Å². The second kappa shape index (κ2) is 9.19. The number of carbonyl (C=O) groups is 1. The number of nitrogens with zero attached hydrogens (tertiary/aromatic N) is 4. The van der Waals surface area contributed by atoms with Crippen molar-refractivity contribution in [1.82, 2.24) is 14.8 Å². The Kier molecular flexibility index (Phi) is 6.00. The van der Waals surface area contributed by atoms with E-state index in [9.17, 15) is 18.0 Å². The molecule has 2 fully saturated rings. The minimum Gasteiger partial charge on any atom is -0.348 e. The molecule has 9 heteroatoms. The average molecular weight is 513 g/mol. The zero-order chi connectivity index (χ0) is 24.9. The number of aromatic nitrogens is 1. The Morgan fingerprint density at radius 1 is 1.06 bits per heavy atom. The summed E-state index contributed by atoms with van der Waals surface area (Å²) in [5, 5.41) is 3.37. The Hall–Kier alpha value is -2.91. The first-order valence-corrected chi connectivity index (χ1v) is 13.2. The Bertz CT molecular complexity index is 1310. The lowest BCUT2D eigenvalue weighted by Gasteiger charge is -2.42. The molecule has 0 radical (unpaired) electrons. The van der Waals surface area contributed by atoms with Gasteiger partial charge in [-0.25, -0.2) is 4.98 Å². The number of halogens is 3. The van der Waals surface area contributed by atoms with Gasteiger partial charge in [0.1, 0.15) is 11.5 Å². The minimum atomic E-state index is -4.46. The number of hydrogen-bond donors (Lipinski definition) is 0. The smallest absolute Gasteiger partial charge is 0.348 e. The number of fused-ring (bicyclic) bond motifs is 3. The molecule has 0 saturated carbocycles. The molecule has 5 heterocycles. The summed E-state index contributed by atoms with van der Waals surface area (Å²) in [4.78, 5) is 23.2. The second-order valence-corrected chi connectivity index (χ2v) is 10.7. The van der Waals surface area contributed by atoms with E-state index in [4.69, 9.17) is 0 Å². The highest BCUT2D eigenvalue weighted by Gasteiger charge is 2.42. The van der Waals surface area contributed by atoms with Gasteiger partial charge in [0.25, 0.3) is 0 Å². The van der Waals surface area contributed by atoms with Gasteiger partial charge in [-0.05, 0) is 59.4 Å². The Labute approximate surface area is 211 Å². The van der Waals surface area contributed by atoms with Crippen LogP contribution in [0.5, 0.6) is 0 Å². The molecule has 2 unspecified atom stereocenters. The van der Waals surface area contributed by atoms with Crippen molar-refractivity contribution in [3.8, 4) is 0 Å². The summed E-state index contributed by atoms with van der Waals surface area (Å²) in [6.45, 7) is 2.98. The maximum absolute atomic E-state index is 13.2. The van der Waals surface area contributed by atoms with E-state index in [1.807, 2.05) is 9.80 Å². The number of alkyl halides is 3. The summed E-state index contributed by atoms with van der Waals surface area (Å²) in [6, 6.07) is 12.8. The van der Waals surface area contributed by atoms with Gasteiger partial charge in [0, 0.05) is 43.0 Å². The number of pyridine rings is 1. The van der Waals surface area contributed by atoms with Gasteiger partial charge >= 0.3 is 6.18 Å². The van der Waals surface area contributed by atoms with E-state index in [1.165, 1.54) is 27.3 Å². The molecule has 188 valence electrons. The molecular weight excluding hydrogens is 485 g/mol. The summed E-state index contributed by atoms with van der Waals surface area (Å²) >= 11 is 1.75. The highest BCUT2D eigenvalue weighted by atomic mass is 32.1. The molecule has 6 rings (SSSR count). The number of benzene rings is 1. The number of likely N-dealkylation sites (tertiary alicyclic amines) is 1. The summed E-state index contributed by atoms with van der Waals surface area (Å²) < 4.78 is 40.8. The van der Waals surface area contributed by atoms with Crippen molar-refractivity contribution in [3.05, 3.63) is 65.2 Å². The third-order valence-corrected chi connectivity index (χ3v) is 8.56. The molecule has 3 aromatic rings. The Morgan fingerprint density at radius 2 is 1.83 bits per heavy atom. The lowest BCUT2D eigenvalue weighted by atomic mass is 9.98. The van der Waals surface area contributed by atoms with E-state index < -0.39 is 11.9 Å². The predicted octanol–water partition coefficient (Wildman–Crippen LogP) is 5.28. The van der Waals surface area contributed by atoms with Crippen LogP contribution in [0, 0.1) is 0 Å². The molecule has 0 N–H and O–H groups in total. The summed E-state index contributed by atoms with van der Waals surface area (Å²) in [5.41, 5.74) is 1.71. The van der Waals surface area contributed by atoms with E-state index in [1.54, 1.807) is 17.4 Å². The normalized spacial score (nSPS) is 22.8. The fourth-order valence-electron chi connectivity index (χ4n) is 5.90. The standard InChI is InChI=1S/C27H27F3N4OS/c28-27(29,30)23-5-2-6-24(31-23)34-20-7-8-21(34)16-32(15-20)17-25(35)33-12-9-18(10-13-33)22-4-1-3-19-11-14-36-26(19)22/h1-6,9,11,14,20-21H,7-8,10,12-13,15-17H2. The van der Waals surface area contributed by atoms with Gasteiger partial charge in [-0.3, -0.25) is 9.69 Å². The largest absolute Gasteiger partial charge is 0.433 e. The first kappa shape index (κ1) is 23.5. The van der Waals surface area contributed by atoms with Gasteiger partial charge < -0.3 is 9.80 Å². The average Bonchev–Trinajstić information content (AvgIpc) is 3.46. The highest BCUT2D eigenvalue weighted by Crippen LogP contribution is 2.36. The minimum absolute atomic E-state index is 0.0756. The van der Waals surface area contributed by atoms with Crippen molar-refractivity contribution in [2.45, 2.75) is 37.5 Å². The van der Waals surface area contributed by atoms with E-state index in [0.29, 0.717) is 38.5 Å². The Morgan fingerprint density at radius 3 is 2.56 bits per heavy atom. The van der Waals surface area contributed by atoms with Crippen LogP contribution < -0.4 is 4.90 Å². The van der Waals surface area contributed by atoms with Crippen LogP contribution in [0.15, 0.2) is 53.9 Å². The van der Waals surface area contributed by atoms with Crippen LogP contribution >= 0.6 is 11.3 Å². The van der Waals surface area contributed by atoms with Crippen molar-refractivity contribution in [3.63, 3.8) is 0 Å². The number of thiophene rings is 1. The van der Waals surface area contributed by atoms with E-state index in [0.717, 1.165) is 25.3 Å². The molecule has 1 aromatic carbocycles. The van der Waals surface area contributed by atoms with Crippen molar-refractivity contribution in [2.75, 3.05) is 37.6 Å². The van der Waals surface area contributed by atoms with Crippen molar-refractivity contribution < 1.29 is 18.0 Å². The van der Waals surface area contributed by atoms with Crippen LogP contribution in [0.3, 0.4) is 0 Å². The Balaban J connectivity index is 1.09. The van der Waals surface area contributed by atoms with Crippen molar-refractivity contribution in [1.29, 1.82) is 0 Å². The molecule has 2 atom stereocenters. The van der Waals surface area contributed by atoms with E-state index in [-0.39, 0.29) is 18.0 Å². The molecule has 5 nitrogen and oxygen atoms in total. The molecule has 36 heavy (non-hydrogen) atoms. The SMILES string of the molecule is O=C(CN1CC2CCC(C1)N2c1cccc(C(F)(F)F)n1)N1CC=C(c2cccc3ccsc23)CC1. The maximum Gasteiger partial charge on any atom is 0.433 e. The van der Waals surface area contributed by atoms with Crippen molar-refractivity contribution in [2.24, 2.45) is 0 Å². The number of anilines is 1. The van der Waals surface area contributed by atoms with Gasteiger partial charge in [0.15, 0.2) is 0 Å². The van der Waals surface area contributed by atoms with Crippen LogP contribution in [-0.4, -0.2) is 65.5 Å². The highest BCUT2D eigenvalue weighted by molar-refractivity contribution is 7.17. The fourth-order valence-corrected chi connectivity index (χ4v) is 6.84. The zero-order valence-corrected chi connectivity index (χ0v) is 20.6. The quantitative estimate of drug-likeness (QED) is 0.477. The molecule has 0 aliphatic carbocycles. The maximum atomic E-state index is 13.2. The third-order valence-electron chi connectivity index (χ3n) is 7.59. The molecular formula is C27H27F3N4OS. The predicted molar refractivity (Wildman–Crippen MR) is 136 cm³/mol. The zero-order valence-electron chi connectivity index (χ0n) is 19.7. The number of rotatable bonds is 4. The van der Waals surface area contributed by atoms with Crippen LogP contribution in [-0.2, 0) is 11.0 Å². The van der Waals surface area contributed by atoms with Gasteiger partial charge in [-0.15, -0.1) is 11.3 Å². The fraction of sp³-hybridized carbons (Fsp3) is 0.407. The molecule has 0 spiro atoms. The lowest BCUT2D eigenvalue weighted by Crippen LogP contribution is -2.56. The number of hydrogen-bond acceptors (Lipinski definition) is 5. The third kappa shape index (κ3) is 4.39. The van der Waals surface area contributed by atoms with Crippen LogP contribution in [0.2, 0.25) is 0 Å². The molecule has 2 bridgehead atoms. The lowest BCUT2D eigenvalue weighted by molar-refractivity contribution is -0.141. The molecule has 1 amide bonds. The second-order valence-electron chi connectivity index (χ2n) is 9.83. The molecule has 2 aromatic heterocycles. The van der Waals surface area contributed by atoms with Crippen molar-refractivity contribution >= 4 is 38.7 Å². The molecule has 2 saturated heterocycles. The van der Waals surface area contributed by atoms with Crippen LogP contribution in [0.25, 0.3) is 15.7 Å². The van der Waals surface area contributed by atoms with E-state index in [2.05, 4.69) is 45.6 Å². The summed E-state index contributed by atoms with van der Waals surface area (Å²) in [5.74, 6) is 0.502. The van der Waals surface area contributed by atoms with Gasteiger partial charge in [-0.1, -0.05) is 30.3 Å². The van der Waals surface area contributed by atoms with Crippen LogP contribution in [0.1, 0.15) is 30.5 Å². The molecule has 3 aliphatic heterocycles. The number of piperazine rings is 1. The van der Waals surface area contributed by atoms with Gasteiger partial charge in [-0.2, -0.15) is 13.2 Å². The summed E-state index contributed by atoms with van der Waals surface area (Å²) in [7, 11) is 0. The van der Waals surface area contributed by atoms with Gasteiger partial charge in [0.2, 0.25) is 5.91 Å². The first-order chi connectivity index (χ1) is 17.4. The molecule has 3 aliphatic rings. The van der Waals surface area contributed by atoms with Crippen LogP contribution in [0.4, 0.5) is 19.0 Å². The number of amides is 1. The van der Waals surface area contributed by atoms with Gasteiger partial charge in [0.05, 0.1) is 6.54 Å². The topological polar surface area (TPSA) is 39.7 Å². The summed E-state index contributed by atoms with van der Waals surface area (Å²) in [6.07, 6.45) is 0.358.